The van der Waals surface area contributed by atoms with E-state index in [2.05, 4.69) is 5.32 Å². The summed E-state index contributed by atoms with van der Waals surface area (Å²) in [5.74, 6) is 0. The van der Waals surface area contributed by atoms with Gasteiger partial charge in [0.05, 0.1) is 5.37 Å². The number of thioether (sulfide) groups is 1. The third kappa shape index (κ3) is 4.55. The first-order valence-corrected chi connectivity index (χ1v) is 5.96. The monoisotopic (exact) mass is 227 g/mol. The molecule has 0 saturated heterocycles. The van der Waals surface area contributed by atoms with Crippen LogP contribution in [0.3, 0.4) is 0 Å². The maximum Gasteiger partial charge on any atom is 0.174 e. The fraction of sp³-hybridized carbons (Fsp3) is 0.455. The first kappa shape index (κ1) is 12.4. The standard InChI is InChI=1S/C11H17NO2S/c1-2-3-4-5-9(11(13)14)8-10-12-6-7-15-10/h3-7,10-14H,2,8H2,1H3/b4-3-,9-5+. The van der Waals surface area contributed by atoms with Crippen molar-refractivity contribution in [3.05, 3.63) is 35.4 Å². The van der Waals surface area contributed by atoms with E-state index in [4.69, 9.17) is 10.2 Å². The third-order valence-corrected chi connectivity index (χ3v) is 2.95. The molecule has 0 aromatic heterocycles. The summed E-state index contributed by atoms with van der Waals surface area (Å²) in [5, 5.41) is 23.6. The number of nitrogens with one attached hydrogen (secondary N) is 1. The molecule has 1 aliphatic rings. The molecule has 0 spiro atoms. The topological polar surface area (TPSA) is 52.5 Å². The van der Waals surface area contributed by atoms with Crippen LogP contribution in [0.1, 0.15) is 19.8 Å². The van der Waals surface area contributed by atoms with Crippen molar-refractivity contribution in [2.24, 2.45) is 0 Å². The van der Waals surface area contributed by atoms with Crippen molar-refractivity contribution in [1.82, 2.24) is 5.32 Å². The number of aliphatic hydroxyl groups is 2. The predicted octanol–water partition coefficient (Wildman–Crippen LogP) is 1.71. The summed E-state index contributed by atoms with van der Waals surface area (Å²) in [4.78, 5) is 0. The molecule has 0 aliphatic carbocycles. The Morgan fingerprint density at radius 3 is 2.93 bits per heavy atom. The van der Waals surface area contributed by atoms with E-state index in [-0.39, 0.29) is 5.37 Å². The Balaban J connectivity index is 2.49. The van der Waals surface area contributed by atoms with Gasteiger partial charge in [-0.05, 0) is 17.4 Å². The summed E-state index contributed by atoms with van der Waals surface area (Å²) < 4.78 is 0. The summed E-state index contributed by atoms with van der Waals surface area (Å²) >= 11 is 1.65. The van der Waals surface area contributed by atoms with Gasteiger partial charge in [0.25, 0.3) is 0 Å². The van der Waals surface area contributed by atoms with Gasteiger partial charge < -0.3 is 15.5 Å². The van der Waals surface area contributed by atoms with Gasteiger partial charge in [0.1, 0.15) is 0 Å². The van der Waals surface area contributed by atoms with Crippen LogP contribution in [0.2, 0.25) is 0 Å². The summed E-state index contributed by atoms with van der Waals surface area (Å²) in [6.07, 6.45) is 7.70. The average Bonchev–Trinajstić information content (AvgIpc) is 2.69. The lowest BCUT2D eigenvalue weighted by Gasteiger charge is -2.14. The van der Waals surface area contributed by atoms with Crippen molar-refractivity contribution >= 4 is 11.8 Å². The van der Waals surface area contributed by atoms with Gasteiger partial charge in [-0.15, -0.1) is 11.8 Å². The first-order valence-electron chi connectivity index (χ1n) is 5.02. The zero-order chi connectivity index (χ0) is 11.1. The molecule has 0 aromatic rings. The Kier molecular flexibility index (Phi) is 5.53. The molecule has 4 heteroatoms. The minimum atomic E-state index is -1.37. The number of hydrogen-bond donors (Lipinski definition) is 3. The van der Waals surface area contributed by atoms with Gasteiger partial charge in [-0.25, -0.2) is 0 Å². The van der Waals surface area contributed by atoms with Crippen molar-refractivity contribution in [1.29, 1.82) is 0 Å². The highest BCUT2D eigenvalue weighted by molar-refractivity contribution is 8.02. The number of aliphatic hydroxyl groups excluding tert-OH is 1. The zero-order valence-corrected chi connectivity index (χ0v) is 9.57. The summed E-state index contributed by atoms with van der Waals surface area (Å²) in [5.41, 5.74) is 0.633. The molecule has 1 unspecified atom stereocenters. The molecule has 0 aromatic carbocycles. The Morgan fingerprint density at radius 1 is 1.60 bits per heavy atom. The number of rotatable bonds is 5. The second-order valence-electron chi connectivity index (χ2n) is 3.25. The van der Waals surface area contributed by atoms with E-state index < -0.39 is 6.29 Å². The molecule has 15 heavy (non-hydrogen) atoms. The fourth-order valence-electron chi connectivity index (χ4n) is 1.23. The van der Waals surface area contributed by atoms with Crippen LogP contribution < -0.4 is 5.32 Å². The largest absolute Gasteiger partial charge is 0.378 e. The maximum absolute atomic E-state index is 9.17. The van der Waals surface area contributed by atoms with E-state index in [0.717, 1.165) is 6.42 Å². The van der Waals surface area contributed by atoms with Gasteiger partial charge >= 0.3 is 0 Å². The minimum absolute atomic E-state index is 0.216. The van der Waals surface area contributed by atoms with Crippen LogP contribution in [0.5, 0.6) is 0 Å². The Hall–Kier alpha value is -0.710. The highest BCUT2D eigenvalue weighted by atomic mass is 32.2. The molecule has 1 atom stereocenters. The second kappa shape index (κ2) is 6.71. The van der Waals surface area contributed by atoms with E-state index in [0.29, 0.717) is 12.0 Å². The van der Waals surface area contributed by atoms with Gasteiger partial charge in [0.2, 0.25) is 0 Å². The minimum Gasteiger partial charge on any atom is -0.378 e. The van der Waals surface area contributed by atoms with E-state index >= 15 is 0 Å². The smallest absolute Gasteiger partial charge is 0.174 e. The van der Waals surface area contributed by atoms with Gasteiger partial charge in [-0.2, -0.15) is 0 Å². The Morgan fingerprint density at radius 2 is 2.40 bits per heavy atom. The van der Waals surface area contributed by atoms with Crippen LogP contribution >= 0.6 is 11.8 Å². The molecule has 0 radical (unpaired) electrons. The molecule has 0 saturated carbocycles. The van der Waals surface area contributed by atoms with Crippen LogP contribution in [-0.4, -0.2) is 21.9 Å². The molecular formula is C11H17NO2S. The molecule has 1 heterocycles. The van der Waals surface area contributed by atoms with Gasteiger partial charge in [0.15, 0.2) is 6.29 Å². The van der Waals surface area contributed by atoms with E-state index in [1.54, 1.807) is 17.8 Å². The van der Waals surface area contributed by atoms with Crippen molar-refractivity contribution < 1.29 is 10.2 Å². The normalized spacial score (nSPS) is 21.6. The number of allylic oxidation sites excluding steroid dienone is 3. The van der Waals surface area contributed by atoms with Crippen LogP contribution in [0, 0.1) is 0 Å². The van der Waals surface area contributed by atoms with Crippen LogP contribution in [0.15, 0.2) is 35.4 Å². The molecular weight excluding hydrogens is 210 g/mol. The quantitative estimate of drug-likeness (QED) is 0.494. The maximum atomic E-state index is 9.17. The molecule has 3 N–H and O–H groups in total. The molecule has 0 bridgehead atoms. The molecule has 84 valence electrons. The fourth-order valence-corrected chi connectivity index (χ4v) is 2.02. The lowest BCUT2D eigenvalue weighted by molar-refractivity contribution is -0.0103. The lowest BCUT2D eigenvalue weighted by atomic mass is 10.1. The van der Waals surface area contributed by atoms with Crippen molar-refractivity contribution in [3.63, 3.8) is 0 Å². The first-order chi connectivity index (χ1) is 7.24. The van der Waals surface area contributed by atoms with Gasteiger partial charge in [0, 0.05) is 12.6 Å². The SMILES string of the molecule is CC/C=C\C=C(/CC1NC=CS1)C(O)O. The van der Waals surface area contributed by atoms with Crippen LogP contribution in [-0.2, 0) is 0 Å². The lowest BCUT2D eigenvalue weighted by Crippen LogP contribution is -2.20. The van der Waals surface area contributed by atoms with Crippen molar-refractivity contribution in [2.45, 2.75) is 31.4 Å². The number of hydrogen-bond acceptors (Lipinski definition) is 4. The van der Waals surface area contributed by atoms with E-state index in [9.17, 15) is 0 Å². The molecule has 0 fully saturated rings. The highest BCUT2D eigenvalue weighted by Crippen LogP contribution is 2.23. The van der Waals surface area contributed by atoms with Crippen LogP contribution in [0.4, 0.5) is 0 Å². The Labute approximate surface area is 94.6 Å². The van der Waals surface area contributed by atoms with E-state index in [1.165, 1.54) is 0 Å². The van der Waals surface area contributed by atoms with E-state index in [1.807, 2.05) is 30.7 Å². The zero-order valence-electron chi connectivity index (χ0n) is 8.76. The van der Waals surface area contributed by atoms with Crippen LogP contribution in [0.25, 0.3) is 0 Å². The average molecular weight is 227 g/mol. The molecule has 1 rings (SSSR count). The van der Waals surface area contributed by atoms with Gasteiger partial charge in [-0.3, -0.25) is 0 Å². The molecule has 1 aliphatic heterocycles. The Bertz CT molecular complexity index is 264. The second-order valence-corrected chi connectivity index (χ2v) is 4.36. The third-order valence-electron chi connectivity index (χ3n) is 2.03. The van der Waals surface area contributed by atoms with Crippen molar-refractivity contribution in [3.8, 4) is 0 Å². The highest BCUT2D eigenvalue weighted by Gasteiger charge is 2.15. The molecule has 0 amide bonds. The molecule has 3 nitrogen and oxygen atoms in total. The summed E-state index contributed by atoms with van der Waals surface area (Å²) in [6, 6.07) is 0. The summed E-state index contributed by atoms with van der Waals surface area (Å²) in [6.45, 7) is 2.04. The summed E-state index contributed by atoms with van der Waals surface area (Å²) in [7, 11) is 0. The van der Waals surface area contributed by atoms with Gasteiger partial charge in [-0.1, -0.05) is 25.2 Å². The predicted molar refractivity (Wildman–Crippen MR) is 64.0 cm³/mol. The van der Waals surface area contributed by atoms with Crippen molar-refractivity contribution in [2.75, 3.05) is 0 Å².